The van der Waals surface area contributed by atoms with E-state index in [1.165, 1.54) is 0 Å². The molecule has 0 saturated heterocycles. The second-order valence-corrected chi connectivity index (χ2v) is 7.02. The zero-order chi connectivity index (χ0) is 13.7. The van der Waals surface area contributed by atoms with Crippen LogP contribution in [-0.4, -0.2) is 43.0 Å². The molecule has 0 aliphatic heterocycles. The van der Waals surface area contributed by atoms with Crippen molar-refractivity contribution < 1.29 is 23.4 Å². The highest BCUT2D eigenvalue weighted by Gasteiger charge is 2.24. The highest BCUT2D eigenvalue weighted by atomic mass is 32.2. The summed E-state index contributed by atoms with van der Waals surface area (Å²) in [6, 6.07) is -1.26. The van der Waals surface area contributed by atoms with E-state index in [9.17, 15) is 13.2 Å². The van der Waals surface area contributed by atoms with Crippen molar-refractivity contribution in [3.63, 3.8) is 0 Å². The monoisotopic (exact) mass is 267 g/mol. The van der Waals surface area contributed by atoms with E-state index < -0.39 is 22.0 Å². The molecule has 6 nitrogen and oxygen atoms in total. The molecule has 0 bridgehead atoms. The molecule has 0 heterocycles. The summed E-state index contributed by atoms with van der Waals surface area (Å²) in [6.45, 7) is 5.35. The topological polar surface area (TPSA) is 104 Å². The van der Waals surface area contributed by atoms with Gasteiger partial charge in [-0.3, -0.25) is 4.79 Å². The number of carboxylic acids is 1. The normalized spacial score (nSPS) is 14.6. The van der Waals surface area contributed by atoms with Crippen molar-refractivity contribution in [2.75, 3.05) is 12.4 Å². The number of sulfonamides is 1. The molecule has 0 amide bonds. The molecule has 0 aliphatic rings. The first-order chi connectivity index (χ1) is 7.57. The molecule has 0 aliphatic carbocycles. The first-order valence-electron chi connectivity index (χ1n) is 5.41. The quantitative estimate of drug-likeness (QED) is 0.610. The smallest absolute Gasteiger partial charge is 0.321 e. The van der Waals surface area contributed by atoms with Crippen molar-refractivity contribution in [3.05, 3.63) is 0 Å². The Kier molecular flexibility index (Phi) is 6.08. The molecule has 102 valence electrons. The van der Waals surface area contributed by atoms with Crippen molar-refractivity contribution in [2.24, 2.45) is 5.41 Å². The van der Waals surface area contributed by atoms with E-state index in [0.29, 0.717) is 6.42 Å². The molecule has 0 rings (SSSR count). The predicted octanol–water partition coefficient (Wildman–Crippen LogP) is 0.178. The van der Waals surface area contributed by atoms with Crippen LogP contribution in [0.15, 0.2) is 0 Å². The first-order valence-corrected chi connectivity index (χ1v) is 7.06. The number of carboxylic acid groups (broad SMARTS) is 1. The fourth-order valence-electron chi connectivity index (χ4n) is 1.08. The second-order valence-electron chi connectivity index (χ2n) is 5.15. The molecular formula is C10H21NO5S. The number of hydrogen-bond acceptors (Lipinski definition) is 4. The van der Waals surface area contributed by atoms with Crippen molar-refractivity contribution in [1.82, 2.24) is 4.72 Å². The minimum absolute atomic E-state index is 0.119. The summed E-state index contributed by atoms with van der Waals surface area (Å²) in [5, 5.41) is 17.4. The Bertz CT molecular complexity index is 344. The van der Waals surface area contributed by atoms with E-state index in [2.05, 4.69) is 4.72 Å². The number of rotatable bonds is 7. The van der Waals surface area contributed by atoms with Gasteiger partial charge in [0.25, 0.3) is 0 Å². The van der Waals surface area contributed by atoms with Crippen molar-refractivity contribution in [3.8, 4) is 0 Å². The summed E-state index contributed by atoms with van der Waals surface area (Å²) in [5.41, 5.74) is -0.134. The van der Waals surface area contributed by atoms with Crippen LogP contribution in [-0.2, 0) is 14.8 Å². The Balaban J connectivity index is 4.46. The molecule has 0 unspecified atom stereocenters. The molecular weight excluding hydrogens is 246 g/mol. The van der Waals surface area contributed by atoms with E-state index in [4.69, 9.17) is 10.2 Å². The molecule has 3 N–H and O–H groups in total. The van der Waals surface area contributed by atoms with Gasteiger partial charge in [0.1, 0.15) is 6.04 Å². The average molecular weight is 267 g/mol. The van der Waals surface area contributed by atoms with Crippen LogP contribution in [0.25, 0.3) is 0 Å². The summed E-state index contributed by atoms with van der Waals surface area (Å²) in [5.74, 6) is -1.40. The van der Waals surface area contributed by atoms with Crippen LogP contribution in [0.5, 0.6) is 0 Å². The molecule has 0 aromatic heterocycles. The van der Waals surface area contributed by atoms with Crippen molar-refractivity contribution in [1.29, 1.82) is 0 Å². The summed E-state index contributed by atoms with van der Waals surface area (Å²) in [7, 11) is -3.62. The SMILES string of the molecule is CC(C)(C)CCS(=O)(=O)N[C@@H](CCO)C(=O)O. The average Bonchev–Trinajstić information content (AvgIpc) is 2.13. The summed E-state index contributed by atoms with van der Waals surface area (Å²) in [4.78, 5) is 10.7. The van der Waals surface area contributed by atoms with Crippen molar-refractivity contribution in [2.45, 2.75) is 39.7 Å². The molecule has 0 aromatic carbocycles. The predicted molar refractivity (Wildman–Crippen MR) is 64.1 cm³/mol. The molecule has 17 heavy (non-hydrogen) atoms. The van der Waals surface area contributed by atoms with Gasteiger partial charge in [-0.05, 0) is 18.3 Å². The van der Waals surface area contributed by atoms with Gasteiger partial charge in [0.2, 0.25) is 10.0 Å². The van der Waals surface area contributed by atoms with E-state index in [0.717, 1.165) is 0 Å². The van der Waals surface area contributed by atoms with E-state index in [1.54, 1.807) is 0 Å². The third-order valence-electron chi connectivity index (χ3n) is 2.16. The van der Waals surface area contributed by atoms with Crippen LogP contribution < -0.4 is 4.72 Å². The van der Waals surface area contributed by atoms with E-state index >= 15 is 0 Å². The van der Waals surface area contributed by atoms with E-state index in [-0.39, 0.29) is 24.2 Å². The highest BCUT2D eigenvalue weighted by molar-refractivity contribution is 7.89. The van der Waals surface area contributed by atoms with Gasteiger partial charge in [-0.25, -0.2) is 13.1 Å². The lowest BCUT2D eigenvalue weighted by atomic mass is 9.94. The maximum Gasteiger partial charge on any atom is 0.321 e. The second kappa shape index (κ2) is 6.32. The van der Waals surface area contributed by atoms with E-state index in [1.807, 2.05) is 20.8 Å². The molecule has 0 aromatic rings. The van der Waals surface area contributed by atoms with Crippen LogP contribution in [0.3, 0.4) is 0 Å². The minimum Gasteiger partial charge on any atom is -0.480 e. The van der Waals surface area contributed by atoms with Crippen LogP contribution in [0.1, 0.15) is 33.6 Å². The van der Waals surface area contributed by atoms with Gasteiger partial charge < -0.3 is 10.2 Å². The lowest BCUT2D eigenvalue weighted by Crippen LogP contribution is -2.42. The van der Waals surface area contributed by atoms with Crippen LogP contribution in [0.4, 0.5) is 0 Å². The van der Waals surface area contributed by atoms with Crippen molar-refractivity contribution >= 4 is 16.0 Å². The molecule has 0 spiro atoms. The summed E-state index contributed by atoms with van der Waals surface area (Å²) < 4.78 is 25.3. The van der Waals surface area contributed by atoms with Gasteiger partial charge >= 0.3 is 5.97 Å². The number of carbonyl (C=O) groups is 1. The fraction of sp³-hybridized carbons (Fsp3) is 0.900. The molecule has 0 fully saturated rings. The number of nitrogens with one attached hydrogen (secondary N) is 1. The number of aliphatic hydroxyl groups excluding tert-OH is 1. The molecule has 0 saturated carbocycles. The lowest BCUT2D eigenvalue weighted by Gasteiger charge is -2.19. The Morgan fingerprint density at radius 2 is 1.88 bits per heavy atom. The molecule has 7 heteroatoms. The number of aliphatic carboxylic acids is 1. The highest BCUT2D eigenvalue weighted by Crippen LogP contribution is 2.19. The van der Waals surface area contributed by atoms with Gasteiger partial charge in [-0.2, -0.15) is 0 Å². The Morgan fingerprint density at radius 3 is 2.24 bits per heavy atom. The number of hydrogen-bond donors (Lipinski definition) is 3. The van der Waals surface area contributed by atoms with Gasteiger partial charge in [0.05, 0.1) is 5.75 Å². The van der Waals surface area contributed by atoms with Crippen LogP contribution in [0, 0.1) is 5.41 Å². The largest absolute Gasteiger partial charge is 0.480 e. The fourth-order valence-corrected chi connectivity index (χ4v) is 2.73. The van der Waals surface area contributed by atoms with Gasteiger partial charge in [0.15, 0.2) is 0 Å². The first kappa shape index (κ1) is 16.3. The van der Waals surface area contributed by atoms with Crippen LogP contribution in [0.2, 0.25) is 0 Å². The Morgan fingerprint density at radius 1 is 1.35 bits per heavy atom. The third-order valence-corrected chi connectivity index (χ3v) is 3.54. The minimum atomic E-state index is -3.62. The molecule has 1 atom stereocenters. The maximum atomic E-state index is 11.6. The summed E-state index contributed by atoms with van der Waals surface area (Å²) in [6.07, 6.45) is 0.303. The zero-order valence-electron chi connectivity index (χ0n) is 10.4. The number of aliphatic hydroxyl groups is 1. The van der Waals surface area contributed by atoms with Gasteiger partial charge in [0, 0.05) is 6.61 Å². The zero-order valence-corrected chi connectivity index (χ0v) is 11.2. The van der Waals surface area contributed by atoms with Gasteiger partial charge in [-0.15, -0.1) is 0 Å². The lowest BCUT2D eigenvalue weighted by molar-refractivity contribution is -0.139. The van der Waals surface area contributed by atoms with Crippen LogP contribution >= 0.6 is 0 Å². The molecule has 0 radical (unpaired) electrons. The third kappa shape index (κ3) is 8.12. The Labute approximate surface area is 102 Å². The van der Waals surface area contributed by atoms with Gasteiger partial charge in [-0.1, -0.05) is 20.8 Å². The standard InChI is InChI=1S/C10H21NO5S/c1-10(2,3)5-7-17(15,16)11-8(4-6-12)9(13)14/h8,11-12H,4-7H2,1-3H3,(H,13,14)/t8-/m0/s1. The maximum absolute atomic E-state index is 11.6. The summed E-state index contributed by atoms with van der Waals surface area (Å²) >= 11 is 0. The Hall–Kier alpha value is -0.660.